The molecule has 1 aliphatic rings. The molecule has 1 aromatic carbocycles. The van der Waals surface area contributed by atoms with Gasteiger partial charge in [0.25, 0.3) is 0 Å². The van der Waals surface area contributed by atoms with E-state index in [0.717, 1.165) is 5.46 Å². The number of aromatic nitrogens is 1. The fraction of sp³-hybridized carbons (Fsp3) is 0.526. The average Bonchev–Trinajstić information content (AvgIpc) is 2.71. The molecule has 146 valence electrons. The van der Waals surface area contributed by atoms with Gasteiger partial charge in [0.1, 0.15) is 0 Å². The fourth-order valence-electron chi connectivity index (χ4n) is 3.02. The summed E-state index contributed by atoms with van der Waals surface area (Å²) >= 11 is 0. The van der Waals surface area contributed by atoms with E-state index in [0.29, 0.717) is 10.9 Å². The highest BCUT2D eigenvalue weighted by Gasteiger charge is 2.52. The van der Waals surface area contributed by atoms with Crippen LogP contribution in [0.1, 0.15) is 48.5 Å². The molecule has 8 heteroatoms. The molecule has 0 amide bonds. The molecule has 0 radical (unpaired) electrons. The lowest BCUT2D eigenvalue weighted by molar-refractivity contribution is 0.00578. The van der Waals surface area contributed by atoms with Gasteiger partial charge in [-0.25, -0.2) is 13.1 Å². The van der Waals surface area contributed by atoms with Gasteiger partial charge in [-0.15, -0.1) is 0 Å². The predicted octanol–water partition coefficient (Wildman–Crippen LogP) is 2.61. The number of hydrogen-bond donors (Lipinski definition) is 1. The van der Waals surface area contributed by atoms with Crippen LogP contribution in [0.4, 0.5) is 0 Å². The van der Waals surface area contributed by atoms with Crippen molar-refractivity contribution in [2.24, 2.45) is 0 Å². The van der Waals surface area contributed by atoms with Crippen LogP contribution in [0.15, 0.2) is 35.4 Å². The topological polar surface area (TPSA) is 77.5 Å². The smallest absolute Gasteiger partial charge is 0.399 e. The molecule has 1 aliphatic heterocycles. The van der Waals surface area contributed by atoms with E-state index >= 15 is 0 Å². The van der Waals surface area contributed by atoms with Crippen molar-refractivity contribution < 1.29 is 17.7 Å². The summed E-state index contributed by atoms with van der Waals surface area (Å²) in [5, 5.41) is 0.543. The number of rotatable bonds is 3. The quantitative estimate of drug-likeness (QED) is 0.816. The first-order valence-corrected chi connectivity index (χ1v) is 10.5. The van der Waals surface area contributed by atoms with Crippen LogP contribution in [0.25, 0.3) is 10.9 Å². The largest absolute Gasteiger partial charge is 0.497 e. The highest BCUT2D eigenvalue weighted by atomic mass is 32.2. The minimum Gasteiger partial charge on any atom is -0.399 e. The van der Waals surface area contributed by atoms with E-state index in [1.165, 1.54) is 0 Å². The van der Waals surface area contributed by atoms with Gasteiger partial charge in [0.15, 0.2) is 0 Å². The summed E-state index contributed by atoms with van der Waals surface area (Å²) in [4.78, 5) is 4.63. The number of hydrogen-bond acceptors (Lipinski definition) is 5. The zero-order valence-corrected chi connectivity index (χ0v) is 17.8. The van der Waals surface area contributed by atoms with Crippen LogP contribution in [0, 0.1) is 0 Å². The van der Waals surface area contributed by atoms with Crippen LogP contribution in [-0.2, 0) is 19.3 Å². The Hall–Kier alpha value is -1.48. The molecule has 1 aromatic heterocycles. The Kier molecular flexibility index (Phi) is 4.71. The maximum Gasteiger partial charge on any atom is 0.497 e. The minimum atomic E-state index is -3.70. The Labute approximate surface area is 161 Å². The van der Waals surface area contributed by atoms with E-state index in [2.05, 4.69) is 9.71 Å². The van der Waals surface area contributed by atoms with Crippen molar-refractivity contribution in [3.63, 3.8) is 0 Å². The Bertz CT molecular complexity index is 965. The van der Waals surface area contributed by atoms with Crippen molar-refractivity contribution in [3.8, 4) is 0 Å². The van der Waals surface area contributed by atoms with E-state index in [-0.39, 0.29) is 4.90 Å². The van der Waals surface area contributed by atoms with Crippen LogP contribution < -0.4 is 10.2 Å². The summed E-state index contributed by atoms with van der Waals surface area (Å²) < 4.78 is 40.8. The molecule has 2 heterocycles. The third-order valence-corrected chi connectivity index (χ3v) is 6.81. The van der Waals surface area contributed by atoms with Crippen molar-refractivity contribution in [3.05, 3.63) is 30.5 Å². The number of benzene rings is 1. The molecule has 2 aromatic rings. The van der Waals surface area contributed by atoms with Gasteiger partial charge in [0.2, 0.25) is 10.0 Å². The second kappa shape index (κ2) is 6.27. The Morgan fingerprint density at radius 1 is 1.04 bits per heavy atom. The average molecular weight is 390 g/mol. The van der Waals surface area contributed by atoms with Gasteiger partial charge in [-0.3, -0.25) is 4.98 Å². The molecular formula is C19H27BN2O4S. The normalized spacial score (nSPS) is 19.6. The summed E-state index contributed by atoms with van der Waals surface area (Å²) in [5.41, 5.74) is -0.279. The summed E-state index contributed by atoms with van der Waals surface area (Å²) in [6.45, 7) is 13.4. The Morgan fingerprint density at radius 3 is 2.19 bits per heavy atom. The lowest BCUT2D eigenvalue weighted by Crippen LogP contribution is -2.41. The van der Waals surface area contributed by atoms with Gasteiger partial charge < -0.3 is 9.31 Å². The SMILES string of the molecule is CC(C)(C)NS(=O)(=O)c1ccc(B2OC(C)(C)C(C)(C)O2)c2ncccc12. The number of sulfonamides is 1. The van der Waals surface area contributed by atoms with E-state index in [4.69, 9.17) is 9.31 Å². The second-order valence-electron chi connectivity index (χ2n) is 9.00. The van der Waals surface area contributed by atoms with Crippen LogP contribution >= 0.6 is 0 Å². The van der Waals surface area contributed by atoms with Crippen LogP contribution in [0.3, 0.4) is 0 Å². The Morgan fingerprint density at radius 2 is 1.63 bits per heavy atom. The summed E-state index contributed by atoms with van der Waals surface area (Å²) in [7, 11) is -4.31. The van der Waals surface area contributed by atoms with Gasteiger partial charge in [0.05, 0.1) is 21.6 Å². The molecule has 1 fully saturated rings. The molecule has 0 atom stereocenters. The van der Waals surface area contributed by atoms with Crippen molar-refractivity contribution in [2.45, 2.75) is 70.1 Å². The second-order valence-corrected chi connectivity index (χ2v) is 10.6. The highest BCUT2D eigenvalue weighted by Crippen LogP contribution is 2.37. The molecule has 0 saturated carbocycles. The number of fused-ring (bicyclic) bond motifs is 1. The van der Waals surface area contributed by atoms with Gasteiger partial charge in [-0.2, -0.15) is 0 Å². The van der Waals surface area contributed by atoms with Crippen LogP contribution in [0.2, 0.25) is 0 Å². The maximum absolute atomic E-state index is 12.9. The van der Waals surface area contributed by atoms with E-state index in [1.54, 1.807) is 30.5 Å². The molecule has 0 spiro atoms. The van der Waals surface area contributed by atoms with E-state index < -0.39 is 33.9 Å². The lowest BCUT2D eigenvalue weighted by atomic mass is 9.77. The van der Waals surface area contributed by atoms with Crippen molar-refractivity contribution >= 4 is 33.5 Å². The molecule has 6 nitrogen and oxygen atoms in total. The molecular weight excluding hydrogens is 363 g/mol. The summed E-state index contributed by atoms with van der Waals surface area (Å²) in [6.07, 6.45) is 1.64. The number of nitrogens with zero attached hydrogens (tertiary/aromatic N) is 1. The first kappa shape index (κ1) is 20.3. The lowest BCUT2D eigenvalue weighted by Gasteiger charge is -2.32. The minimum absolute atomic E-state index is 0.195. The zero-order valence-electron chi connectivity index (χ0n) is 17.0. The van der Waals surface area contributed by atoms with Gasteiger partial charge in [-0.1, -0.05) is 6.07 Å². The molecule has 0 aliphatic carbocycles. The van der Waals surface area contributed by atoms with E-state index in [9.17, 15) is 8.42 Å². The van der Waals surface area contributed by atoms with Gasteiger partial charge >= 0.3 is 7.12 Å². The molecule has 0 unspecified atom stereocenters. The van der Waals surface area contributed by atoms with Crippen molar-refractivity contribution in [1.29, 1.82) is 0 Å². The molecule has 1 N–H and O–H groups in total. The zero-order chi connectivity index (χ0) is 20.3. The van der Waals surface area contributed by atoms with Crippen LogP contribution in [-0.4, -0.2) is 37.3 Å². The first-order chi connectivity index (χ1) is 12.2. The standard InChI is InChI=1S/C19H27BN2O4S/c1-17(2,3)22-27(23,24)15-11-10-14(16-13(15)9-8-12-21-16)20-25-18(4,5)19(6,7)26-20/h8-12,22H,1-7H3. The number of nitrogens with one attached hydrogen (secondary N) is 1. The number of pyridine rings is 1. The molecule has 1 saturated heterocycles. The van der Waals surface area contributed by atoms with E-state index in [1.807, 2.05) is 48.5 Å². The first-order valence-electron chi connectivity index (χ1n) is 9.01. The van der Waals surface area contributed by atoms with Crippen molar-refractivity contribution in [1.82, 2.24) is 9.71 Å². The summed E-state index contributed by atoms with van der Waals surface area (Å²) in [5.74, 6) is 0. The maximum atomic E-state index is 12.9. The molecule has 0 bridgehead atoms. The van der Waals surface area contributed by atoms with Gasteiger partial charge in [-0.05, 0) is 66.7 Å². The van der Waals surface area contributed by atoms with Gasteiger partial charge in [0, 0.05) is 22.6 Å². The predicted molar refractivity (Wildman–Crippen MR) is 108 cm³/mol. The third kappa shape index (κ3) is 3.76. The fourth-order valence-corrected chi connectivity index (χ4v) is 4.64. The third-order valence-electron chi connectivity index (χ3n) is 5.00. The van der Waals surface area contributed by atoms with Crippen molar-refractivity contribution in [2.75, 3.05) is 0 Å². The summed E-state index contributed by atoms with van der Waals surface area (Å²) in [6, 6.07) is 6.81. The van der Waals surface area contributed by atoms with Crippen LogP contribution in [0.5, 0.6) is 0 Å². The molecule has 27 heavy (non-hydrogen) atoms. The Balaban J connectivity index is 2.13. The molecule has 3 rings (SSSR count). The highest BCUT2D eigenvalue weighted by molar-refractivity contribution is 7.89. The monoisotopic (exact) mass is 390 g/mol.